The number of nitrogens with zero attached hydrogens (tertiary/aromatic N) is 3. The Bertz CT molecular complexity index is 1030. The summed E-state index contributed by atoms with van der Waals surface area (Å²) in [4.78, 5) is 23.4. The topological polar surface area (TPSA) is 108 Å². The van der Waals surface area contributed by atoms with Crippen LogP contribution < -0.4 is 0 Å². The second kappa shape index (κ2) is 8.87. The van der Waals surface area contributed by atoms with Crippen LogP contribution in [0.5, 0.6) is 0 Å². The maximum absolute atomic E-state index is 12.1. The van der Waals surface area contributed by atoms with Gasteiger partial charge < -0.3 is 9.15 Å². The first kappa shape index (κ1) is 20.5. The molecule has 150 valence electrons. The molecule has 0 unspecified atom stereocenters. The van der Waals surface area contributed by atoms with Crippen molar-refractivity contribution in [1.82, 2.24) is 10.2 Å². The number of carbonyl (C=O) groups excluding carboxylic acids is 1. The van der Waals surface area contributed by atoms with Crippen LogP contribution in [0.1, 0.15) is 30.0 Å². The molecule has 0 radical (unpaired) electrons. The highest BCUT2D eigenvalue weighted by atomic mass is 32.2. The molecule has 3 rings (SSSR count). The molecule has 0 spiro atoms. The molecule has 1 heterocycles. The van der Waals surface area contributed by atoms with Crippen molar-refractivity contribution >= 4 is 23.4 Å². The molecule has 3 aromatic rings. The summed E-state index contributed by atoms with van der Waals surface area (Å²) in [6.45, 7) is 5.71. The summed E-state index contributed by atoms with van der Waals surface area (Å²) in [6, 6.07) is 11.8. The van der Waals surface area contributed by atoms with E-state index < -0.39 is 17.0 Å². The van der Waals surface area contributed by atoms with E-state index in [0.29, 0.717) is 5.56 Å². The predicted molar refractivity (Wildman–Crippen MR) is 108 cm³/mol. The molecule has 0 aliphatic rings. The second-order valence-electron chi connectivity index (χ2n) is 6.42. The van der Waals surface area contributed by atoms with Crippen molar-refractivity contribution in [3.63, 3.8) is 0 Å². The highest BCUT2D eigenvalue weighted by Gasteiger charge is 2.19. The summed E-state index contributed by atoms with van der Waals surface area (Å²) in [6.07, 6.45) is -0.706. The summed E-state index contributed by atoms with van der Waals surface area (Å²) in [7, 11) is 0. The third-order valence-electron chi connectivity index (χ3n) is 4.26. The maximum Gasteiger partial charge on any atom is 0.317 e. The summed E-state index contributed by atoms with van der Waals surface area (Å²) >= 11 is 1.40. The minimum absolute atomic E-state index is 0.0305. The normalized spacial score (nSPS) is 11.8. The minimum atomic E-state index is -0.706. The Hall–Kier alpha value is -3.20. The number of carbonyl (C=O) groups is 1. The average molecular weight is 413 g/mol. The smallest absolute Gasteiger partial charge is 0.317 e. The van der Waals surface area contributed by atoms with E-state index in [9.17, 15) is 14.9 Å². The summed E-state index contributed by atoms with van der Waals surface area (Å²) < 4.78 is 10.9. The van der Waals surface area contributed by atoms with Crippen LogP contribution in [0.4, 0.5) is 5.69 Å². The number of thioether (sulfide) groups is 1. The number of non-ortho nitro benzene ring substituents is 1. The summed E-state index contributed by atoms with van der Waals surface area (Å²) in [5, 5.41) is 18.6. The molecule has 8 nitrogen and oxygen atoms in total. The number of aromatic nitrogens is 2. The molecule has 29 heavy (non-hydrogen) atoms. The van der Waals surface area contributed by atoms with Gasteiger partial charge in [0.2, 0.25) is 5.89 Å². The zero-order valence-electron chi connectivity index (χ0n) is 16.1. The standard InChI is InChI=1S/C20H19N3O5S/c1-12-4-9-17(10-13(12)2)29-11-18(24)27-14(3)19-21-22-20(28-19)15-5-7-16(8-6-15)23(25)26/h4-10,14H,11H2,1-3H3/t14-/m0/s1. The van der Waals surface area contributed by atoms with Crippen LogP contribution in [0.3, 0.4) is 0 Å². The lowest BCUT2D eigenvalue weighted by Gasteiger charge is -2.09. The number of hydrogen-bond donors (Lipinski definition) is 0. The van der Waals surface area contributed by atoms with Gasteiger partial charge in [0.1, 0.15) is 0 Å². The maximum atomic E-state index is 12.1. The van der Waals surface area contributed by atoms with Crippen LogP contribution in [-0.2, 0) is 9.53 Å². The van der Waals surface area contributed by atoms with Crippen molar-refractivity contribution in [2.45, 2.75) is 31.8 Å². The lowest BCUT2D eigenvalue weighted by atomic mass is 10.1. The third kappa shape index (κ3) is 5.20. The largest absolute Gasteiger partial charge is 0.452 e. The van der Waals surface area contributed by atoms with E-state index in [1.54, 1.807) is 6.92 Å². The van der Waals surface area contributed by atoms with Gasteiger partial charge in [0.05, 0.1) is 10.7 Å². The fraction of sp³-hybridized carbons (Fsp3) is 0.250. The van der Waals surface area contributed by atoms with Gasteiger partial charge in [0.25, 0.3) is 11.6 Å². The van der Waals surface area contributed by atoms with E-state index in [1.807, 2.05) is 32.0 Å². The molecule has 0 aliphatic carbocycles. The zero-order chi connectivity index (χ0) is 21.0. The Morgan fingerprint density at radius 1 is 1.17 bits per heavy atom. The van der Waals surface area contributed by atoms with Gasteiger partial charge in [0, 0.05) is 22.6 Å². The molecule has 0 aliphatic heterocycles. The molecule has 0 saturated heterocycles. The first-order valence-corrected chi connectivity index (χ1v) is 9.80. The van der Waals surface area contributed by atoms with Gasteiger partial charge in [-0.3, -0.25) is 14.9 Å². The van der Waals surface area contributed by atoms with E-state index in [-0.39, 0.29) is 23.2 Å². The van der Waals surface area contributed by atoms with Crippen LogP contribution in [-0.4, -0.2) is 26.8 Å². The van der Waals surface area contributed by atoms with Gasteiger partial charge in [0.15, 0.2) is 6.10 Å². The first-order valence-electron chi connectivity index (χ1n) is 8.81. The molecule has 0 amide bonds. The van der Waals surface area contributed by atoms with Crippen molar-refractivity contribution in [3.05, 3.63) is 69.6 Å². The van der Waals surface area contributed by atoms with Crippen LogP contribution in [0, 0.1) is 24.0 Å². The Balaban J connectivity index is 1.57. The first-order chi connectivity index (χ1) is 13.8. The Morgan fingerprint density at radius 3 is 2.55 bits per heavy atom. The molecule has 9 heteroatoms. The third-order valence-corrected chi connectivity index (χ3v) is 5.22. The van der Waals surface area contributed by atoms with Gasteiger partial charge in [-0.25, -0.2) is 0 Å². The van der Waals surface area contributed by atoms with E-state index in [2.05, 4.69) is 10.2 Å². The highest BCUT2D eigenvalue weighted by molar-refractivity contribution is 8.00. The molecule has 0 bridgehead atoms. The molecular weight excluding hydrogens is 394 g/mol. The van der Waals surface area contributed by atoms with E-state index in [4.69, 9.17) is 9.15 Å². The lowest BCUT2D eigenvalue weighted by molar-refractivity contribution is -0.384. The van der Waals surface area contributed by atoms with Gasteiger partial charge in [-0.2, -0.15) is 0 Å². The van der Waals surface area contributed by atoms with Crippen molar-refractivity contribution in [1.29, 1.82) is 0 Å². The van der Waals surface area contributed by atoms with Crippen molar-refractivity contribution < 1.29 is 18.9 Å². The fourth-order valence-corrected chi connectivity index (χ4v) is 3.25. The zero-order valence-corrected chi connectivity index (χ0v) is 16.9. The number of nitro groups is 1. The summed E-state index contributed by atoms with van der Waals surface area (Å²) in [5.41, 5.74) is 2.88. The van der Waals surface area contributed by atoms with E-state index in [0.717, 1.165) is 4.90 Å². The molecular formula is C20H19N3O5S. The molecule has 0 saturated carbocycles. The summed E-state index contributed by atoms with van der Waals surface area (Å²) in [5.74, 6) is 0.122. The number of hydrogen-bond acceptors (Lipinski definition) is 8. The van der Waals surface area contributed by atoms with Gasteiger partial charge in [-0.1, -0.05) is 6.07 Å². The number of nitro benzene ring substituents is 1. The number of rotatable bonds is 7. The Morgan fingerprint density at radius 2 is 1.90 bits per heavy atom. The number of benzene rings is 2. The van der Waals surface area contributed by atoms with Crippen molar-refractivity contribution in [2.75, 3.05) is 5.75 Å². The van der Waals surface area contributed by atoms with Crippen LogP contribution in [0.2, 0.25) is 0 Å². The Kier molecular flexibility index (Phi) is 6.28. The monoisotopic (exact) mass is 413 g/mol. The number of ether oxygens (including phenoxy) is 1. The average Bonchev–Trinajstić information content (AvgIpc) is 3.19. The van der Waals surface area contributed by atoms with Crippen molar-refractivity contribution in [2.24, 2.45) is 0 Å². The van der Waals surface area contributed by atoms with Gasteiger partial charge in [-0.15, -0.1) is 22.0 Å². The van der Waals surface area contributed by atoms with Gasteiger partial charge in [-0.05, 0) is 56.2 Å². The predicted octanol–water partition coefficient (Wildman–Crippen LogP) is 4.66. The fourth-order valence-electron chi connectivity index (χ4n) is 2.47. The van der Waals surface area contributed by atoms with Crippen LogP contribution in [0.15, 0.2) is 51.8 Å². The van der Waals surface area contributed by atoms with Crippen LogP contribution >= 0.6 is 11.8 Å². The molecule has 0 N–H and O–H groups in total. The minimum Gasteiger partial charge on any atom is -0.452 e. The molecule has 1 atom stereocenters. The molecule has 2 aromatic carbocycles. The van der Waals surface area contributed by atoms with Gasteiger partial charge >= 0.3 is 5.97 Å². The van der Waals surface area contributed by atoms with Crippen molar-refractivity contribution in [3.8, 4) is 11.5 Å². The second-order valence-corrected chi connectivity index (χ2v) is 7.47. The highest BCUT2D eigenvalue weighted by Crippen LogP contribution is 2.25. The van der Waals surface area contributed by atoms with E-state index in [1.165, 1.54) is 47.2 Å². The molecule has 0 fully saturated rings. The van der Waals surface area contributed by atoms with Crippen LogP contribution in [0.25, 0.3) is 11.5 Å². The quantitative estimate of drug-likeness (QED) is 0.238. The molecule has 1 aromatic heterocycles. The SMILES string of the molecule is Cc1ccc(SCC(=O)O[C@@H](C)c2nnc(-c3ccc([N+](=O)[O-])cc3)o2)cc1C. The lowest BCUT2D eigenvalue weighted by Crippen LogP contribution is -2.11. The van der Waals surface area contributed by atoms with E-state index >= 15 is 0 Å². The Labute approximate surface area is 171 Å². The number of esters is 1. The number of aryl methyl sites for hydroxylation is 2.